The van der Waals surface area contributed by atoms with Crippen molar-refractivity contribution in [2.24, 2.45) is 0 Å². The largest absolute Gasteiger partial charge is 0.481 e. The summed E-state index contributed by atoms with van der Waals surface area (Å²) >= 11 is 0. The number of amides is 1. The molecule has 2 aromatic rings. The Hall–Kier alpha value is -2.29. The molecule has 0 radical (unpaired) electrons. The van der Waals surface area contributed by atoms with Crippen LogP contribution in [0.15, 0.2) is 42.5 Å². The minimum absolute atomic E-state index is 0.100. The highest BCUT2D eigenvalue weighted by atomic mass is 16.5. The number of carbonyl (C=O) groups excluding carboxylic acids is 1. The van der Waals surface area contributed by atoms with Gasteiger partial charge >= 0.3 is 0 Å². The van der Waals surface area contributed by atoms with Crippen molar-refractivity contribution in [2.45, 2.75) is 59.5 Å². The third-order valence-corrected chi connectivity index (χ3v) is 4.39. The fourth-order valence-electron chi connectivity index (χ4n) is 2.72. The number of rotatable bonds is 5. The molecule has 0 aliphatic heterocycles. The number of hydrogen-bond acceptors (Lipinski definition) is 2. The van der Waals surface area contributed by atoms with E-state index in [0.717, 1.165) is 23.2 Å². The Morgan fingerprint density at radius 3 is 2.32 bits per heavy atom. The fourth-order valence-corrected chi connectivity index (χ4v) is 2.72. The van der Waals surface area contributed by atoms with Gasteiger partial charge in [0.25, 0.3) is 5.91 Å². The summed E-state index contributed by atoms with van der Waals surface area (Å²) in [5.74, 6) is 0.569. The normalized spacial score (nSPS) is 12.6. The third kappa shape index (κ3) is 4.85. The first kappa shape index (κ1) is 19.0. The minimum Gasteiger partial charge on any atom is -0.481 e. The second kappa shape index (κ2) is 7.73. The summed E-state index contributed by atoms with van der Waals surface area (Å²) < 4.78 is 5.82. The Morgan fingerprint density at radius 1 is 1.12 bits per heavy atom. The van der Waals surface area contributed by atoms with Crippen molar-refractivity contribution in [1.82, 2.24) is 0 Å². The molecule has 2 aromatic carbocycles. The lowest BCUT2D eigenvalue weighted by Gasteiger charge is -2.20. The number of benzene rings is 2. The highest BCUT2D eigenvalue weighted by Gasteiger charge is 2.18. The van der Waals surface area contributed by atoms with Crippen LogP contribution in [-0.2, 0) is 16.6 Å². The van der Waals surface area contributed by atoms with Gasteiger partial charge in [-0.1, -0.05) is 58.0 Å². The third-order valence-electron chi connectivity index (χ3n) is 4.39. The summed E-state index contributed by atoms with van der Waals surface area (Å²) in [5, 5.41) is 3.02. The molecule has 0 unspecified atom stereocenters. The molecule has 1 atom stereocenters. The van der Waals surface area contributed by atoms with Crippen molar-refractivity contribution in [3.05, 3.63) is 59.2 Å². The summed E-state index contributed by atoms with van der Waals surface area (Å²) in [4.78, 5) is 12.5. The van der Waals surface area contributed by atoms with Gasteiger partial charge in [0, 0.05) is 5.69 Å². The number of para-hydroxylation sites is 1. The molecule has 1 N–H and O–H groups in total. The van der Waals surface area contributed by atoms with E-state index < -0.39 is 6.10 Å². The summed E-state index contributed by atoms with van der Waals surface area (Å²) in [7, 11) is 0. The Bertz CT molecular complexity index is 727. The van der Waals surface area contributed by atoms with Crippen molar-refractivity contribution < 1.29 is 9.53 Å². The molecule has 0 fully saturated rings. The van der Waals surface area contributed by atoms with Crippen LogP contribution in [0.5, 0.6) is 5.75 Å². The summed E-state index contributed by atoms with van der Waals surface area (Å²) in [5.41, 5.74) is 4.44. The van der Waals surface area contributed by atoms with Gasteiger partial charge in [-0.05, 0) is 54.5 Å². The van der Waals surface area contributed by atoms with Crippen LogP contribution >= 0.6 is 0 Å². The Kier molecular flexibility index (Phi) is 5.89. The highest BCUT2D eigenvalue weighted by Crippen LogP contribution is 2.25. The molecule has 3 nitrogen and oxygen atoms in total. The SMILES string of the molecule is CCc1cccc(C)c1NC(=O)[C@H](C)Oc1ccc(C(C)(C)C)cc1. The lowest BCUT2D eigenvalue weighted by Crippen LogP contribution is -2.30. The molecule has 134 valence electrons. The molecule has 25 heavy (non-hydrogen) atoms. The second-order valence-electron chi connectivity index (χ2n) is 7.49. The number of carbonyl (C=O) groups is 1. The monoisotopic (exact) mass is 339 g/mol. The van der Waals surface area contributed by atoms with Gasteiger partial charge in [0.2, 0.25) is 0 Å². The minimum atomic E-state index is -0.565. The average molecular weight is 339 g/mol. The zero-order chi connectivity index (χ0) is 18.6. The van der Waals surface area contributed by atoms with Crippen molar-refractivity contribution in [2.75, 3.05) is 5.32 Å². The molecule has 3 heteroatoms. The molecular formula is C22H29NO2. The molecule has 0 saturated heterocycles. The van der Waals surface area contributed by atoms with Gasteiger partial charge in [0.05, 0.1) is 0 Å². The van der Waals surface area contributed by atoms with Crippen LogP contribution in [0.3, 0.4) is 0 Å². The molecular weight excluding hydrogens is 310 g/mol. The standard InChI is InChI=1S/C22H29NO2/c1-7-17-10-8-9-15(2)20(17)23-21(24)16(3)25-19-13-11-18(12-14-19)22(4,5)6/h8-14,16H,7H2,1-6H3,(H,23,24)/t16-/m0/s1. The quantitative estimate of drug-likeness (QED) is 0.807. The Morgan fingerprint density at radius 2 is 1.76 bits per heavy atom. The van der Waals surface area contributed by atoms with Crippen LogP contribution in [0.2, 0.25) is 0 Å². The summed E-state index contributed by atoms with van der Waals surface area (Å²) in [6, 6.07) is 14.0. The van der Waals surface area contributed by atoms with E-state index in [1.54, 1.807) is 6.92 Å². The number of hydrogen-bond donors (Lipinski definition) is 1. The van der Waals surface area contributed by atoms with Crippen molar-refractivity contribution in [1.29, 1.82) is 0 Å². The average Bonchev–Trinajstić information content (AvgIpc) is 2.56. The zero-order valence-corrected chi connectivity index (χ0v) is 16.1. The maximum absolute atomic E-state index is 12.5. The maximum atomic E-state index is 12.5. The van der Waals surface area contributed by atoms with Gasteiger partial charge in [-0.2, -0.15) is 0 Å². The molecule has 0 saturated carbocycles. The topological polar surface area (TPSA) is 38.3 Å². The predicted molar refractivity (Wildman–Crippen MR) is 104 cm³/mol. The predicted octanol–water partition coefficient (Wildman–Crippen LogP) is 5.26. The van der Waals surface area contributed by atoms with Gasteiger partial charge < -0.3 is 10.1 Å². The number of aryl methyl sites for hydroxylation is 2. The van der Waals surface area contributed by atoms with Gasteiger partial charge in [0.1, 0.15) is 5.75 Å². The van der Waals surface area contributed by atoms with Crippen LogP contribution in [0, 0.1) is 6.92 Å². The van der Waals surface area contributed by atoms with E-state index in [2.05, 4.69) is 45.1 Å². The van der Waals surface area contributed by atoms with Crippen LogP contribution in [0.25, 0.3) is 0 Å². The molecule has 0 spiro atoms. The lowest BCUT2D eigenvalue weighted by atomic mass is 9.87. The number of nitrogens with one attached hydrogen (secondary N) is 1. The Balaban J connectivity index is 2.06. The fraction of sp³-hybridized carbons (Fsp3) is 0.409. The zero-order valence-electron chi connectivity index (χ0n) is 16.1. The van der Waals surface area contributed by atoms with E-state index in [-0.39, 0.29) is 11.3 Å². The first-order chi connectivity index (χ1) is 11.7. The van der Waals surface area contributed by atoms with Gasteiger partial charge in [-0.3, -0.25) is 4.79 Å². The molecule has 0 aromatic heterocycles. The van der Waals surface area contributed by atoms with Crippen molar-refractivity contribution in [3.63, 3.8) is 0 Å². The summed E-state index contributed by atoms with van der Waals surface area (Å²) in [6.45, 7) is 12.4. The number of ether oxygens (including phenoxy) is 1. The molecule has 0 aliphatic rings. The first-order valence-corrected chi connectivity index (χ1v) is 8.89. The molecule has 0 bridgehead atoms. The van der Waals surface area contributed by atoms with Crippen LogP contribution in [0.1, 0.15) is 51.3 Å². The molecule has 2 rings (SSSR count). The van der Waals surface area contributed by atoms with Crippen LogP contribution < -0.4 is 10.1 Å². The first-order valence-electron chi connectivity index (χ1n) is 8.89. The Labute approximate surface area is 151 Å². The summed E-state index contributed by atoms with van der Waals surface area (Å²) in [6.07, 6.45) is 0.311. The molecule has 0 heterocycles. The van der Waals surface area contributed by atoms with Crippen molar-refractivity contribution >= 4 is 11.6 Å². The van der Waals surface area contributed by atoms with Gasteiger partial charge in [-0.25, -0.2) is 0 Å². The van der Waals surface area contributed by atoms with Crippen molar-refractivity contribution in [3.8, 4) is 5.75 Å². The molecule has 0 aliphatic carbocycles. The molecule has 1 amide bonds. The van der Waals surface area contributed by atoms with E-state index in [0.29, 0.717) is 5.75 Å². The second-order valence-corrected chi connectivity index (χ2v) is 7.49. The van der Waals surface area contributed by atoms with E-state index in [9.17, 15) is 4.79 Å². The van der Waals surface area contributed by atoms with E-state index in [1.165, 1.54) is 5.56 Å². The number of anilines is 1. The van der Waals surface area contributed by atoms with Crippen LogP contribution in [0.4, 0.5) is 5.69 Å². The highest BCUT2D eigenvalue weighted by molar-refractivity contribution is 5.95. The smallest absolute Gasteiger partial charge is 0.265 e. The van der Waals surface area contributed by atoms with Gasteiger partial charge in [0.15, 0.2) is 6.10 Å². The van der Waals surface area contributed by atoms with E-state index in [4.69, 9.17) is 4.74 Å². The van der Waals surface area contributed by atoms with E-state index in [1.807, 2.05) is 37.3 Å². The maximum Gasteiger partial charge on any atom is 0.265 e. The van der Waals surface area contributed by atoms with Gasteiger partial charge in [-0.15, -0.1) is 0 Å². The van der Waals surface area contributed by atoms with E-state index >= 15 is 0 Å². The van der Waals surface area contributed by atoms with Crippen LogP contribution in [-0.4, -0.2) is 12.0 Å². The lowest BCUT2D eigenvalue weighted by molar-refractivity contribution is -0.122.